The molecule has 6 nitrogen and oxygen atoms in total. The van der Waals surface area contributed by atoms with Crippen molar-refractivity contribution in [2.45, 2.75) is 11.8 Å². The predicted octanol–water partition coefficient (Wildman–Crippen LogP) is 5.37. The van der Waals surface area contributed by atoms with E-state index in [0.29, 0.717) is 12.3 Å². The van der Waals surface area contributed by atoms with Gasteiger partial charge < -0.3 is 14.4 Å². The van der Waals surface area contributed by atoms with Gasteiger partial charge in [0.1, 0.15) is 16.9 Å². The second-order valence-electron chi connectivity index (χ2n) is 8.29. The number of thioether (sulfide) groups is 1. The highest BCUT2D eigenvalue weighted by atomic mass is 32.2. The molecule has 35 heavy (non-hydrogen) atoms. The maximum Gasteiger partial charge on any atom is 0.233 e. The molecule has 0 saturated carbocycles. The maximum absolute atomic E-state index is 12.9. The highest BCUT2D eigenvalue weighted by Gasteiger charge is 2.35. The van der Waals surface area contributed by atoms with Gasteiger partial charge >= 0.3 is 0 Å². The lowest BCUT2D eigenvalue weighted by Crippen LogP contribution is -2.30. The minimum atomic E-state index is -0.102. The van der Waals surface area contributed by atoms with E-state index in [-0.39, 0.29) is 11.3 Å². The van der Waals surface area contributed by atoms with Crippen molar-refractivity contribution < 1.29 is 14.3 Å². The summed E-state index contributed by atoms with van der Waals surface area (Å²) in [7, 11) is 3.32. The molecule has 1 fully saturated rings. The average molecular weight is 486 g/mol. The number of aromatic nitrogens is 2. The molecule has 0 aliphatic carbocycles. The topological polar surface area (TPSA) is 56.6 Å². The van der Waals surface area contributed by atoms with E-state index in [4.69, 9.17) is 14.6 Å². The van der Waals surface area contributed by atoms with Crippen LogP contribution in [0.25, 0.3) is 16.9 Å². The van der Waals surface area contributed by atoms with Crippen molar-refractivity contribution in [3.8, 4) is 28.4 Å². The van der Waals surface area contributed by atoms with Gasteiger partial charge in [0.15, 0.2) is 0 Å². The van der Waals surface area contributed by atoms with Crippen LogP contribution >= 0.6 is 11.8 Å². The van der Waals surface area contributed by atoms with Gasteiger partial charge in [-0.2, -0.15) is 5.10 Å². The molecule has 1 atom stereocenters. The van der Waals surface area contributed by atoms with Crippen molar-refractivity contribution in [3.05, 3.63) is 96.2 Å². The van der Waals surface area contributed by atoms with E-state index in [1.165, 1.54) is 5.56 Å². The van der Waals surface area contributed by atoms with Crippen LogP contribution in [-0.2, 0) is 11.2 Å². The van der Waals surface area contributed by atoms with E-state index in [1.54, 1.807) is 26.0 Å². The van der Waals surface area contributed by atoms with E-state index < -0.39 is 0 Å². The zero-order valence-electron chi connectivity index (χ0n) is 19.8. The Morgan fingerprint density at radius 1 is 0.914 bits per heavy atom. The van der Waals surface area contributed by atoms with Gasteiger partial charge in [-0.15, -0.1) is 11.8 Å². The Morgan fingerprint density at radius 2 is 1.57 bits per heavy atom. The quantitative estimate of drug-likeness (QED) is 0.336. The van der Waals surface area contributed by atoms with Gasteiger partial charge in [-0.3, -0.25) is 4.79 Å². The minimum absolute atomic E-state index is 0.102. The molecule has 0 bridgehead atoms. The molecule has 0 spiro atoms. The normalized spacial score (nSPS) is 15.4. The molecule has 5 rings (SSSR count). The molecule has 1 saturated heterocycles. The molecular weight excluding hydrogens is 458 g/mol. The molecule has 1 aromatic heterocycles. The van der Waals surface area contributed by atoms with Crippen LogP contribution in [-0.4, -0.2) is 47.1 Å². The second kappa shape index (κ2) is 10.3. The summed E-state index contributed by atoms with van der Waals surface area (Å²) in [5.74, 6) is 2.24. The van der Waals surface area contributed by atoms with E-state index >= 15 is 0 Å². The Hall–Kier alpha value is -3.71. The molecular formula is C28H27N3O3S. The summed E-state index contributed by atoms with van der Waals surface area (Å²) in [5.41, 5.74) is 5.05. The Morgan fingerprint density at radius 3 is 2.23 bits per heavy atom. The first-order valence-electron chi connectivity index (χ1n) is 11.5. The lowest BCUT2D eigenvalue weighted by atomic mass is 10.1. The van der Waals surface area contributed by atoms with Crippen LogP contribution in [0.1, 0.15) is 16.5 Å². The summed E-state index contributed by atoms with van der Waals surface area (Å²) in [6.45, 7) is 0.640. The summed E-state index contributed by atoms with van der Waals surface area (Å²) >= 11 is 1.66. The zero-order chi connectivity index (χ0) is 24.2. The number of ether oxygens (including phenoxy) is 2. The van der Waals surface area contributed by atoms with E-state index in [1.807, 2.05) is 76.3 Å². The van der Waals surface area contributed by atoms with Crippen LogP contribution in [0.4, 0.5) is 0 Å². The summed E-state index contributed by atoms with van der Waals surface area (Å²) in [6.07, 6.45) is 2.84. The van der Waals surface area contributed by atoms with Crippen molar-refractivity contribution in [1.82, 2.24) is 14.7 Å². The van der Waals surface area contributed by atoms with Crippen molar-refractivity contribution in [2.75, 3.05) is 26.5 Å². The van der Waals surface area contributed by atoms with Gasteiger partial charge in [0.25, 0.3) is 0 Å². The highest BCUT2D eigenvalue weighted by Crippen LogP contribution is 2.43. The van der Waals surface area contributed by atoms with E-state index in [2.05, 4.69) is 18.3 Å². The Kier molecular flexibility index (Phi) is 6.77. The predicted molar refractivity (Wildman–Crippen MR) is 139 cm³/mol. The van der Waals surface area contributed by atoms with Crippen LogP contribution in [0.3, 0.4) is 0 Å². The van der Waals surface area contributed by atoms with Crippen molar-refractivity contribution in [2.24, 2.45) is 0 Å². The first kappa shape index (κ1) is 23.1. The molecule has 0 N–H and O–H groups in total. The number of hydrogen-bond acceptors (Lipinski definition) is 5. The van der Waals surface area contributed by atoms with Gasteiger partial charge in [-0.05, 0) is 60.5 Å². The minimum Gasteiger partial charge on any atom is -0.497 e. The molecule has 2 heterocycles. The fourth-order valence-corrected chi connectivity index (χ4v) is 5.47. The van der Waals surface area contributed by atoms with Crippen LogP contribution in [0.15, 0.2) is 85.1 Å². The molecule has 7 heteroatoms. The van der Waals surface area contributed by atoms with E-state index in [9.17, 15) is 4.79 Å². The van der Waals surface area contributed by atoms with Crippen LogP contribution in [0.2, 0.25) is 0 Å². The number of amides is 1. The number of carbonyl (C=O) groups is 1. The molecule has 1 aliphatic rings. The standard InChI is InChI=1S/C28H27N3O3S/c1-33-23-12-8-20(9-13-23)16-17-30-26(32)19-35-28(30)25-18-31(22-6-4-3-5-7-22)29-27(25)21-10-14-24(34-2)15-11-21/h3-15,18,28H,16-17,19H2,1-2H3/t28-/m1/s1. The summed E-state index contributed by atoms with van der Waals surface area (Å²) in [6, 6.07) is 26.0. The third-order valence-corrected chi connectivity index (χ3v) is 7.40. The Bertz CT molecular complexity index is 1290. The van der Waals surface area contributed by atoms with Crippen LogP contribution in [0.5, 0.6) is 11.5 Å². The largest absolute Gasteiger partial charge is 0.497 e. The number of carbonyl (C=O) groups excluding carboxylic acids is 1. The molecule has 3 aromatic carbocycles. The van der Waals surface area contributed by atoms with Crippen molar-refractivity contribution in [3.63, 3.8) is 0 Å². The summed E-state index contributed by atoms with van der Waals surface area (Å²) in [4.78, 5) is 14.9. The highest BCUT2D eigenvalue weighted by molar-refractivity contribution is 8.00. The van der Waals surface area contributed by atoms with Crippen molar-refractivity contribution >= 4 is 17.7 Å². The number of nitrogens with zero attached hydrogens (tertiary/aromatic N) is 3. The molecule has 1 aliphatic heterocycles. The molecule has 178 valence electrons. The van der Waals surface area contributed by atoms with Crippen molar-refractivity contribution in [1.29, 1.82) is 0 Å². The van der Waals surface area contributed by atoms with Gasteiger partial charge in [0.2, 0.25) is 5.91 Å². The number of rotatable bonds is 8. The fourth-order valence-electron chi connectivity index (χ4n) is 4.25. The molecule has 0 unspecified atom stereocenters. The Labute approximate surface area is 209 Å². The Balaban J connectivity index is 1.47. The van der Waals surface area contributed by atoms with E-state index in [0.717, 1.165) is 40.4 Å². The van der Waals surface area contributed by atoms with Gasteiger partial charge in [-0.1, -0.05) is 30.3 Å². The number of hydrogen-bond donors (Lipinski definition) is 0. The second-order valence-corrected chi connectivity index (χ2v) is 9.36. The van der Waals surface area contributed by atoms with Gasteiger partial charge in [0.05, 0.1) is 31.4 Å². The monoisotopic (exact) mass is 485 g/mol. The lowest BCUT2D eigenvalue weighted by Gasteiger charge is -2.24. The zero-order valence-corrected chi connectivity index (χ0v) is 20.6. The lowest BCUT2D eigenvalue weighted by molar-refractivity contribution is -0.128. The van der Waals surface area contributed by atoms with Crippen LogP contribution in [0, 0.1) is 0 Å². The average Bonchev–Trinajstić information content (AvgIpc) is 3.52. The number of methoxy groups -OCH3 is 2. The summed E-state index contributed by atoms with van der Waals surface area (Å²) in [5, 5.41) is 4.86. The summed E-state index contributed by atoms with van der Waals surface area (Å²) < 4.78 is 12.5. The van der Waals surface area contributed by atoms with Gasteiger partial charge in [-0.25, -0.2) is 4.68 Å². The molecule has 0 radical (unpaired) electrons. The number of para-hydroxylation sites is 1. The number of benzene rings is 3. The first-order valence-corrected chi connectivity index (χ1v) is 12.5. The van der Waals surface area contributed by atoms with Crippen LogP contribution < -0.4 is 9.47 Å². The fraction of sp³-hybridized carbons (Fsp3) is 0.214. The molecule has 4 aromatic rings. The van der Waals surface area contributed by atoms with Gasteiger partial charge in [0, 0.05) is 23.9 Å². The smallest absolute Gasteiger partial charge is 0.233 e. The maximum atomic E-state index is 12.9. The third kappa shape index (κ3) is 4.91. The SMILES string of the molecule is COc1ccc(CCN2C(=O)CS[C@@H]2c2cn(-c3ccccc3)nc2-c2ccc(OC)cc2)cc1. The molecule has 1 amide bonds. The third-order valence-electron chi connectivity index (χ3n) is 6.16. The first-order chi connectivity index (χ1) is 17.2.